The molecule has 1 aromatic carbocycles. The van der Waals surface area contributed by atoms with Crippen LogP contribution in [0.1, 0.15) is 89.8 Å². The SMILES string of the molecule is Cc1nc2ccc(OC(F)(F)F)cc2c2c1OC1(CC2)CC2C(=O)NC3(C(=O)NS(=O)(=O)C4(C)CC4)C=CC3C=CCCCCCC(NC(=O)OCC(C)C)C(=O)N2C1. The Morgan fingerprint density at radius 3 is 2.56 bits per heavy atom. The van der Waals surface area contributed by atoms with Crippen molar-refractivity contribution in [2.75, 3.05) is 13.2 Å². The molecule has 2 fully saturated rings. The molecule has 3 N–H and O–H groups in total. The molecule has 0 bridgehead atoms. The van der Waals surface area contributed by atoms with Crippen molar-refractivity contribution in [1.29, 1.82) is 0 Å². The molecule has 1 aromatic heterocycles. The van der Waals surface area contributed by atoms with Gasteiger partial charge in [0.05, 0.1) is 29.1 Å². The van der Waals surface area contributed by atoms with Gasteiger partial charge < -0.3 is 29.7 Å². The van der Waals surface area contributed by atoms with Crippen molar-refractivity contribution in [3.8, 4) is 11.5 Å². The minimum absolute atomic E-state index is 0.0325. The van der Waals surface area contributed by atoms with Gasteiger partial charge in [-0.2, -0.15) is 0 Å². The highest BCUT2D eigenvalue weighted by Gasteiger charge is 2.58. The van der Waals surface area contributed by atoms with Gasteiger partial charge in [-0.15, -0.1) is 13.2 Å². The average molecular weight is 846 g/mol. The van der Waals surface area contributed by atoms with Crippen LogP contribution in [-0.4, -0.2) is 89.6 Å². The Bertz CT molecular complexity index is 2210. The summed E-state index contributed by atoms with van der Waals surface area (Å²) in [6, 6.07) is 1.52. The van der Waals surface area contributed by atoms with Gasteiger partial charge in [-0.3, -0.25) is 19.1 Å². The number of hydrogen-bond acceptors (Lipinski definition) is 10. The van der Waals surface area contributed by atoms with Crippen LogP contribution in [0.3, 0.4) is 0 Å². The lowest BCUT2D eigenvalue weighted by Gasteiger charge is -2.42. The second kappa shape index (κ2) is 15.6. The number of ether oxygens (including phenoxy) is 3. The third kappa shape index (κ3) is 8.59. The summed E-state index contributed by atoms with van der Waals surface area (Å²) in [6.07, 6.45) is 5.14. The fraction of sp³-hybridized carbons (Fsp3) is 0.585. The molecule has 4 amide bonds. The van der Waals surface area contributed by atoms with E-state index < -0.39 is 79.8 Å². The number of allylic oxidation sites excluding steroid dienone is 1. The molecule has 0 radical (unpaired) electrons. The van der Waals surface area contributed by atoms with Gasteiger partial charge in [-0.1, -0.05) is 51.0 Å². The Hall–Kier alpha value is -4.87. The van der Waals surface area contributed by atoms with E-state index in [1.807, 2.05) is 19.9 Å². The predicted octanol–water partition coefficient (Wildman–Crippen LogP) is 5.42. The lowest BCUT2D eigenvalue weighted by molar-refractivity contribution is -0.274. The van der Waals surface area contributed by atoms with Gasteiger partial charge in [0.25, 0.3) is 5.91 Å². The summed E-state index contributed by atoms with van der Waals surface area (Å²) in [5, 5.41) is 5.95. The number of sulfonamides is 1. The maximum Gasteiger partial charge on any atom is 0.573 e. The van der Waals surface area contributed by atoms with E-state index in [-0.39, 0.29) is 44.8 Å². The number of alkyl halides is 3. The maximum atomic E-state index is 14.7. The minimum Gasteiger partial charge on any atom is -0.483 e. The topological polar surface area (TPSA) is 182 Å². The average Bonchev–Trinajstić information content (AvgIpc) is 3.82. The van der Waals surface area contributed by atoms with Crippen molar-refractivity contribution >= 4 is 44.7 Å². The molecular weight excluding hydrogens is 796 g/mol. The van der Waals surface area contributed by atoms with Crippen LogP contribution in [0.4, 0.5) is 18.0 Å². The summed E-state index contributed by atoms with van der Waals surface area (Å²) in [7, 11) is -4.10. The molecule has 2 aliphatic carbocycles. The molecule has 5 unspecified atom stereocenters. The predicted molar refractivity (Wildman–Crippen MR) is 209 cm³/mol. The van der Waals surface area contributed by atoms with Crippen LogP contribution in [-0.2, 0) is 35.6 Å². The van der Waals surface area contributed by atoms with E-state index in [0.29, 0.717) is 60.0 Å². The molecule has 2 aromatic rings. The van der Waals surface area contributed by atoms with Gasteiger partial charge in [0.2, 0.25) is 21.8 Å². The fourth-order valence-electron chi connectivity index (χ4n) is 8.30. The fourth-order valence-corrected chi connectivity index (χ4v) is 9.60. The van der Waals surface area contributed by atoms with Gasteiger partial charge in [-0.25, -0.2) is 18.2 Å². The van der Waals surface area contributed by atoms with Gasteiger partial charge in [-0.05, 0) is 82.9 Å². The molecule has 3 aliphatic heterocycles. The summed E-state index contributed by atoms with van der Waals surface area (Å²) < 4.78 is 83.4. The van der Waals surface area contributed by atoms with Crippen LogP contribution in [0, 0.1) is 18.8 Å². The van der Waals surface area contributed by atoms with E-state index in [1.54, 1.807) is 26.0 Å². The van der Waals surface area contributed by atoms with Crippen LogP contribution in [0.15, 0.2) is 42.5 Å². The zero-order valence-corrected chi connectivity index (χ0v) is 34.3. The Balaban J connectivity index is 1.25. The summed E-state index contributed by atoms with van der Waals surface area (Å²) in [4.78, 5) is 62.5. The Labute approximate surface area is 340 Å². The number of aryl methyl sites for hydroxylation is 2. The summed E-state index contributed by atoms with van der Waals surface area (Å²) in [5.74, 6) is -3.03. The number of amides is 4. The normalized spacial score (nSPS) is 27.9. The number of fused-ring (bicyclic) bond motifs is 5. The molecule has 1 spiro atoms. The second-order valence-corrected chi connectivity index (χ2v) is 19.3. The molecule has 5 atom stereocenters. The van der Waals surface area contributed by atoms with E-state index in [1.165, 1.54) is 29.2 Å². The quantitative estimate of drug-likeness (QED) is 0.305. The van der Waals surface area contributed by atoms with Crippen LogP contribution in [0.25, 0.3) is 10.9 Å². The number of alkyl carbamates (subject to hydrolysis) is 1. The zero-order chi connectivity index (χ0) is 42.5. The summed E-state index contributed by atoms with van der Waals surface area (Å²) in [6.45, 7) is 6.98. The van der Waals surface area contributed by atoms with Crippen LogP contribution < -0.4 is 24.8 Å². The highest BCUT2D eigenvalue weighted by atomic mass is 32.2. The van der Waals surface area contributed by atoms with Crippen molar-refractivity contribution in [2.24, 2.45) is 11.8 Å². The number of pyridine rings is 1. The molecule has 1 saturated carbocycles. The first-order valence-electron chi connectivity index (χ1n) is 20.1. The van der Waals surface area contributed by atoms with E-state index in [9.17, 15) is 40.8 Å². The number of aromatic nitrogens is 1. The number of carbonyl (C=O) groups is 4. The van der Waals surface area contributed by atoms with E-state index >= 15 is 0 Å². The van der Waals surface area contributed by atoms with Crippen molar-refractivity contribution in [2.45, 2.75) is 126 Å². The van der Waals surface area contributed by atoms with Crippen molar-refractivity contribution < 1.29 is 55.0 Å². The van der Waals surface area contributed by atoms with Gasteiger partial charge in [0, 0.05) is 23.3 Å². The molecule has 1 saturated heterocycles. The Morgan fingerprint density at radius 2 is 1.88 bits per heavy atom. The van der Waals surface area contributed by atoms with Gasteiger partial charge >= 0.3 is 12.5 Å². The Kier molecular flexibility index (Phi) is 11.2. The van der Waals surface area contributed by atoms with Crippen LogP contribution >= 0.6 is 0 Å². The van der Waals surface area contributed by atoms with Crippen LogP contribution in [0.2, 0.25) is 0 Å². The molecule has 4 heterocycles. The number of rotatable bonds is 7. The number of nitrogens with zero attached hydrogens (tertiary/aromatic N) is 2. The molecular formula is C41H50F3N5O9S. The van der Waals surface area contributed by atoms with Crippen LogP contribution in [0.5, 0.6) is 11.5 Å². The third-order valence-corrected chi connectivity index (χ3v) is 14.2. The second-order valence-electron chi connectivity index (χ2n) is 17.1. The first kappa shape index (κ1) is 42.3. The lowest BCUT2D eigenvalue weighted by atomic mass is 9.73. The molecule has 14 nitrogen and oxygen atoms in total. The molecule has 5 aliphatic rings. The molecule has 18 heteroatoms. The molecule has 59 heavy (non-hydrogen) atoms. The first-order valence-corrected chi connectivity index (χ1v) is 21.6. The smallest absolute Gasteiger partial charge is 0.483 e. The van der Waals surface area contributed by atoms with E-state index in [0.717, 1.165) is 6.42 Å². The zero-order valence-electron chi connectivity index (χ0n) is 33.4. The minimum atomic E-state index is -4.91. The van der Waals surface area contributed by atoms with Crippen molar-refractivity contribution in [3.05, 3.63) is 53.8 Å². The number of nitrogens with one attached hydrogen (secondary N) is 3. The Morgan fingerprint density at radius 1 is 1.12 bits per heavy atom. The largest absolute Gasteiger partial charge is 0.573 e. The molecule has 320 valence electrons. The third-order valence-electron chi connectivity index (χ3n) is 12.0. The standard InChI is InChI=1S/C41H50F3N5O9S/c1-24(2)22-56-37(53)46-31-11-9-7-5-6-8-10-26-14-17-40(26,36(52)48-59(54,55)38(4)18-19-38)47-34(50)32-21-39(23-49(32)35(31)51)16-15-28-29-20-27(57-41(42,43)44)12-13-30(29)45-25(3)33(28)58-39/h8,10,12-14,17,20,24,26,31-32H,5-7,9,11,15-16,18-19,21-23H2,1-4H3,(H,46,53)(H,47,50)(H,48,52). The summed E-state index contributed by atoms with van der Waals surface area (Å²) >= 11 is 0. The van der Waals surface area contributed by atoms with E-state index in [2.05, 4.69) is 25.1 Å². The van der Waals surface area contributed by atoms with Crippen molar-refractivity contribution in [3.63, 3.8) is 0 Å². The number of hydrogen-bond donors (Lipinski definition) is 3. The number of halogens is 3. The first-order chi connectivity index (χ1) is 27.7. The van der Waals surface area contributed by atoms with Gasteiger partial charge in [0.1, 0.15) is 34.7 Å². The highest BCUT2D eigenvalue weighted by molar-refractivity contribution is 7.91. The van der Waals surface area contributed by atoms with E-state index in [4.69, 9.17) is 9.47 Å². The maximum absolute atomic E-state index is 14.7. The number of carbonyl (C=O) groups excluding carboxylic acids is 4. The summed E-state index contributed by atoms with van der Waals surface area (Å²) in [5.41, 5.74) is -1.54. The monoisotopic (exact) mass is 845 g/mol. The molecule has 7 rings (SSSR count). The number of benzene rings is 1. The lowest BCUT2D eigenvalue weighted by Crippen LogP contribution is -2.67. The van der Waals surface area contributed by atoms with Gasteiger partial charge in [0.15, 0.2) is 0 Å². The highest BCUT2D eigenvalue weighted by Crippen LogP contribution is 2.46. The van der Waals surface area contributed by atoms with Crippen molar-refractivity contribution in [1.82, 2.24) is 25.2 Å².